The fraction of sp³-hybridized carbons (Fsp3) is 0.118. The quantitative estimate of drug-likeness (QED) is 0.581. The van der Waals surface area contributed by atoms with E-state index in [9.17, 15) is 13.6 Å². The van der Waals surface area contributed by atoms with Crippen molar-refractivity contribution >= 4 is 21.9 Å². The molecule has 2 aromatic heterocycles. The van der Waals surface area contributed by atoms with Gasteiger partial charge in [0, 0.05) is 0 Å². The molecule has 0 fully saturated rings. The molecule has 0 aliphatic heterocycles. The Bertz CT molecular complexity index is 1100. The highest BCUT2D eigenvalue weighted by molar-refractivity contribution is 5.77. The average molecular weight is 326 g/mol. The maximum absolute atomic E-state index is 13.5. The standard InChI is InChI=1S/C17H12F2N4O/c18-17(19)23-14-8-4-3-7-13(14)21-15(23)9-22-10-20-12-6-2-1-5-11(12)16(22)24/h1-8,10,17H,9H2. The van der Waals surface area contributed by atoms with Gasteiger partial charge in [0.1, 0.15) is 5.82 Å². The lowest BCUT2D eigenvalue weighted by Crippen LogP contribution is -2.23. The van der Waals surface area contributed by atoms with Crippen LogP contribution >= 0.6 is 0 Å². The molecule has 5 nitrogen and oxygen atoms in total. The SMILES string of the molecule is O=c1c2ccccc2ncn1Cc1nc2ccccc2n1C(F)F. The van der Waals surface area contributed by atoms with Gasteiger partial charge in [0.15, 0.2) is 0 Å². The van der Waals surface area contributed by atoms with E-state index in [1.54, 1.807) is 48.5 Å². The van der Waals surface area contributed by atoms with E-state index in [1.807, 2.05) is 0 Å². The molecule has 0 atom stereocenters. The number of hydrogen-bond donors (Lipinski definition) is 0. The van der Waals surface area contributed by atoms with Crippen molar-refractivity contribution < 1.29 is 8.78 Å². The van der Waals surface area contributed by atoms with Crippen LogP contribution in [0.15, 0.2) is 59.7 Å². The van der Waals surface area contributed by atoms with E-state index in [-0.39, 0.29) is 17.9 Å². The second-order valence-electron chi connectivity index (χ2n) is 5.36. The maximum atomic E-state index is 13.5. The van der Waals surface area contributed by atoms with Crippen LogP contribution in [0.5, 0.6) is 0 Å². The molecule has 24 heavy (non-hydrogen) atoms. The summed E-state index contributed by atoms with van der Waals surface area (Å²) in [7, 11) is 0. The molecule has 4 rings (SSSR count). The summed E-state index contributed by atoms with van der Waals surface area (Å²) >= 11 is 0. The van der Waals surface area contributed by atoms with E-state index < -0.39 is 6.55 Å². The third kappa shape index (κ3) is 2.25. The van der Waals surface area contributed by atoms with Crippen LogP contribution in [-0.4, -0.2) is 19.1 Å². The Balaban J connectivity index is 1.87. The van der Waals surface area contributed by atoms with Gasteiger partial charge in [-0.25, -0.2) is 9.97 Å². The number of alkyl halides is 2. The fourth-order valence-corrected chi connectivity index (χ4v) is 2.79. The van der Waals surface area contributed by atoms with E-state index >= 15 is 0 Å². The van der Waals surface area contributed by atoms with Crippen LogP contribution in [0.3, 0.4) is 0 Å². The normalized spacial score (nSPS) is 11.6. The third-order valence-electron chi connectivity index (χ3n) is 3.91. The van der Waals surface area contributed by atoms with Gasteiger partial charge in [-0.3, -0.25) is 13.9 Å². The first-order valence-electron chi connectivity index (χ1n) is 7.33. The topological polar surface area (TPSA) is 52.7 Å². The van der Waals surface area contributed by atoms with E-state index in [0.29, 0.717) is 21.9 Å². The summed E-state index contributed by atoms with van der Waals surface area (Å²) in [6.07, 6.45) is 1.36. The molecule has 2 heterocycles. The monoisotopic (exact) mass is 326 g/mol. The Labute approximate surface area is 134 Å². The summed E-state index contributed by atoms with van der Waals surface area (Å²) in [6.45, 7) is -2.81. The number of hydrogen-bond acceptors (Lipinski definition) is 3. The molecule has 0 radical (unpaired) electrons. The lowest BCUT2D eigenvalue weighted by Gasteiger charge is -2.09. The van der Waals surface area contributed by atoms with Crippen molar-refractivity contribution in [3.8, 4) is 0 Å². The van der Waals surface area contributed by atoms with Crippen molar-refractivity contribution in [3.05, 3.63) is 71.0 Å². The molecule has 0 amide bonds. The maximum Gasteiger partial charge on any atom is 0.320 e. The van der Waals surface area contributed by atoms with Gasteiger partial charge in [-0.05, 0) is 24.3 Å². The Morgan fingerprint density at radius 1 is 1.00 bits per heavy atom. The number of aromatic nitrogens is 4. The number of benzene rings is 2. The van der Waals surface area contributed by atoms with Crippen LogP contribution < -0.4 is 5.56 Å². The minimum atomic E-state index is -2.74. The van der Waals surface area contributed by atoms with Crippen LogP contribution in [0.2, 0.25) is 0 Å². The third-order valence-corrected chi connectivity index (χ3v) is 3.91. The molecule has 7 heteroatoms. The summed E-state index contributed by atoms with van der Waals surface area (Å²) in [5.74, 6) is 0.116. The van der Waals surface area contributed by atoms with Crippen molar-refractivity contribution in [3.63, 3.8) is 0 Å². The lowest BCUT2D eigenvalue weighted by atomic mass is 10.2. The molecule has 0 aliphatic rings. The molecular weight excluding hydrogens is 314 g/mol. The van der Waals surface area contributed by atoms with Crippen molar-refractivity contribution in [2.45, 2.75) is 13.1 Å². The minimum Gasteiger partial charge on any atom is -0.291 e. The summed E-state index contributed by atoms with van der Waals surface area (Å²) in [5, 5.41) is 0.444. The van der Waals surface area contributed by atoms with Gasteiger partial charge < -0.3 is 0 Å². The van der Waals surface area contributed by atoms with E-state index in [2.05, 4.69) is 9.97 Å². The van der Waals surface area contributed by atoms with Crippen molar-refractivity contribution in [1.29, 1.82) is 0 Å². The zero-order valence-corrected chi connectivity index (χ0v) is 12.4. The van der Waals surface area contributed by atoms with Gasteiger partial charge in [0.05, 0.1) is 34.8 Å². The summed E-state index contributed by atoms with van der Waals surface area (Å²) in [4.78, 5) is 21.0. The number of fused-ring (bicyclic) bond motifs is 2. The van der Waals surface area contributed by atoms with Crippen LogP contribution in [0.25, 0.3) is 21.9 Å². The molecule has 0 unspecified atom stereocenters. The second kappa shape index (κ2) is 5.52. The number of para-hydroxylation sites is 3. The minimum absolute atomic E-state index is 0.0737. The molecule has 0 saturated heterocycles. The Hall–Kier alpha value is -3.09. The largest absolute Gasteiger partial charge is 0.320 e. The van der Waals surface area contributed by atoms with E-state index in [0.717, 1.165) is 4.57 Å². The van der Waals surface area contributed by atoms with Gasteiger partial charge in [0.25, 0.3) is 5.56 Å². The van der Waals surface area contributed by atoms with Crippen LogP contribution in [-0.2, 0) is 6.54 Å². The molecule has 0 N–H and O–H groups in total. The first-order valence-corrected chi connectivity index (χ1v) is 7.33. The molecular formula is C17H12F2N4O. The highest BCUT2D eigenvalue weighted by atomic mass is 19.3. The van der Waals surface area contributed by atoms with Gasteiger partial charge in [-0.1, -0.05) is 24.3 Å². The average Bonchev–Trinajstić information content (AvgIpc) is 2.95. The number of nitrogens with zero attached hydrogens (tertiary/aromatic N) is 4. The molecule has 0 saturated carbocycles. The smallest absolute Gasteiger partial charge is 0.291 e. The molecule has 4 aromatic rings. The van der Waals surface area contributed by atoms with Gasteiger partial charge >= 0.3 is 6.55 Å². The first-order chi connectivity index (χ1) is 11.6. The molecule has 2 aromatic carbocycles. The second-order valence-corrected chi connectivity index (χ2v) is 5.36. The van der Waals surface area contributed by atoms with Crippen LogP contribution in [0, 0.1) is 0 Å². The van der Waals surface area contributed by atoms with E-state index in [4.69, 9.17) is 0 Å². The van der Waals surface area contributed by atoms with Crippen LogP contribution in [0.4, 0.5) is 8.78 Å². The lowest BCUT2D eigenvalue weighted by molar-refractivity contribution is 0.0711. The highest BCUT2D eigenvalue weighted by Crippen LogP contribution is 2.23. The van der Waals surface area contributed by atoms with Gasteiger partial charge in [-0.2, -0.15) is 8.78 Å². The Morgan fingerprint density at radius 2 is 1.71 bits per heavy atom. The van der Waals surface area contributed by atoms with Gasteiger partial charge in [-0.15, -0.1) is 0 Å². The van der Waals surface area contributed by atoms with Gasteiger partial charge in [0.2, 0.25) is 0 Å². The highest BCUT2D eigenvalue weighted by Gasteiger charge is 2.18. The zero-order chi connectivity index (χ0) is 16.7. The van der Waals surface area contributed by atoms with Crippen molar-refractivity contribution in [2.75, 3.05) is 0 Å². The number of rotatable bonds is 3. The molecule has 120 valence electrons. The zero-order valence-electron chi connectivity index (χ0n) is 12.4. The van der Waals surface area contributed by atoms with Crippen LogP contribution in [0.1, 0.15) is 12.4 Å². The Morgan fingerprint density at radius 3 is 2.50 bits per heavy atom. The number of imidazole rings is 1. The first kappa shape index (κ1) is 14.5. The van der Waals surface area contributed by atoms with E-state index in [1.165, 1.54) is 10.9 Å². The summed E-state index contributed by atoms with van der Waals surface area (Å²) < 4.78 is 29.1. The Kier molecular flexibility index (Phi) is 3.34. The number of halogens is 2. The van der Waals surface area contributed by atoms with Crippen molar-refractivity contribution in [2.24, 2.45) is 0 Å². The molecule has 0 spiro atoms. The molecule has 0 bridgehead atoms. The predicted octanol–water partition coefficient (Wildman–Crippen LogP) is 3.19. The fourth-order valence-electron chi connectivity index (χ4n) is 2.79. The van der Waals surface area contributed by atoms with Crippen molar-refractivity contribution in [1.82, 2.24) is 19.1 Å². The summed E-state index contributed by atoms with van der Waals surface area (Å²) in [6, 6.07) is 13.6. The summed E-state index contributed by atoms with van der Waals surface area (Å²) in [5.41, 5.74) is 1.09. The molecule has 0 aliphatic carbocycles. The predicted molar refractivity (Wildman–Crippen MR) is 86.1 cm³/mol.